The molecule has 0 fully saturated rings. The van der Waals surface area contributed by atoms with E-state index in [0.717, 1.165) is 0 Å². The molecule has 20 heavy (non-hydrogen) atoms. The van der Waals surface area contributed by atoms with E-state index in [9.17, 15) is 9.90 Å². The molecule has 2 N–H and O–H groups in total. The van der Waals surface area contributed by atoms with E-state index < -0.39 is 5.91 Å². The lowest BCUT2D eigenvalue weighted by atomic mass is 10.1. The SMILES string of the molecule is Cc1c(O)cccc1C(=O)Nc1cc(Cl)ccc1C#N. The van der Waals surface area contributed by atoms with Gasteiger partial charge in [-0.15, -0.1) is 0 Å². The number of anilines is 1. The van der Waals surface area contributed by atoms with Crippen LogP contribution >= 0.6 is 11.6 Å². The summed E-state index contributed by atoms with van der Waals surface area (Å²) in [4.78, 5) is 12.2. The third-order valence-corrected chi connectivity index (χ3v) is 3.14. The van der Waals surface area contributed by atoms with E-state index in [2.05, 4.69) is 5.32 Å². The van der Waals surface area contributed by atoms with E-state index in [0.29, 0.717) is 27.4 Å². The molecule has 0 radical (unpaired) electrons. The normalized spacial score (nSPS) is 9.85. The van der Waals surface area contributed by atoms with Crippen LogP contribution in [0.3, 0.4) is 0 Å². The number of nitrogens with zero attached hydrogens (tertiary/aromatic N) is 1. The lowest BCUT2D eigenvalue weighted by Gasteiger charge is -2.10. The predicted molar refractivity (Wildman–Crippen MR) is 77.0 cm³/mol. The summed E-state index contributed by atoms with van der Waals surface area (Å²) in [6.45, 7) is 1.65. The third-order valence-electron chi connectivity index (χ3n) is 2.90. The van der Waals surface area contributed by atoms with E-state index in [4.69, 9.17) is 16.9 Å². The molecule has 0 aliphatic carbocycles. The first-order chi connectivity index (χ1) is 9.52. The predicted octanol–water partition coefficient (Wildman–Crippen LogP) is 3.48. The molecule has 4 nitrogen and oxygen atoms in total. The Kier molecular flexibility index (Phi) is 3.92. The number of aromatic hydroxyl groups is 1. The van der Waals surface area contributed by atoms with Gasteiger partial charge in [0.05, 0.1) is 11.3 Å². The fourth-order valence-corrected chi connectivity index (χ4v) is 1.95. The number of phenols is 1. The molecule has 0 unspecified atom stereocenters. The maximum atomic E-state index is 12.2. The second-order valence-corrected chi connectivity index (χ2v) is 4.64. The number of nitrogens with one attached hydrogen (secondary N) is 1. The van der Waals surface area contributed by atoms with Crippen molar-refractivity contribution < 1.29 is 9.90 Å². The lowest BCUT2D eigenvalue weighted by Crippen LogP contribution is -2.14. The van der Waals surface area contributed by atoms with Crippen molar-refractivity contribution in [3.05, 3.63) is 58.1 Å². The average molecular weight is 287 g/mol. The minimum absolute atomic E-state index is 0.0456. The van der Waals surface area contributed by atoms with Crippen molar-refractivity contribution >= 4 is 23.2 Å². The Morgan fingerprint density at radius 3 is 2.80 bits per heavy atom. The minimum atomic E-state index is -0.405. The molecule has 2 rings (SSSR count). The highest BCUT2D eigenvalue weighted by Gasteiger charge is 2.13. The van der Waals surface area contributed by atoms with Crippen LogP contribution in [-0.4, -0.2) is 11.0 Å². The summed E-state index contributed by atoms with van der Waals surface area (Å²) in [7, 11) is 0. The van der Waals surface area contributed by atoms with Crippen LogP contribution in [0.15, 0.2) is 36.4 Å². The maximum Gasteiger partial charge on any atom is 0.256 e. The fourth-order valence-electron chi connectivity index (χ4n) is 1.78. The molecule has 100 valence electrons. The zero-order chi connectivity index (χ0) is 14.7. The third kappa shape index (κ3) is 2.73. The Hall–Kier alpha value is -2.51. The minimum Gasteiger partial charge on any atom is -0.508 e. The van der Waals surface area contributed by atoms with Crippen LogP contribution in [0.2, 0.25) is 5.02 Å². The molecule has 0 heterocycles. The summed E-state index contributed by atoms with van der Waals surface area (Å²) in [6.07, 6.45) is 0. The molecular formula is C15H11ClN2O2. The van der Waals surface area contributed by atoms with E-state index in [1.807, 2.05) is 6.07 Å². The highest BCUT2D eigenvalue weighted by atomic mass is 35.5. The van der Waals surface area contributed by atoms with Gasteiger partial charge in [-0.05, 0) is 37.3 Å². The van der Waals surface area contributed by atoms with Gasteiger partial charge in [0.15, 0.2) is 0 Å². The van der Waals surface area contributed by atoms with Gasteiger partial charge < -0.3 is 10.4 Å². The molecule has 1 amide bonds. The Morgan fingerprint density at radius 2 is 2.10 bits per heavy atom. The maximum absolute atomic E-state index is 12.2. The summed E-state index contributed by atoms with van der Waals surface area (Å²) in [6, 6.07) is 11.3. The van der Waals surface area contributed by atoms with Crippen molar-refractivity contribution in [2.45, 2.75) is 6.92 Å². The smallest absolute Gasteiger partial charge is 0.256 e. The quantitative estimate of drug-likeness (QED) is 0.887. The van der Waals surface area contributed by atoms with Crippen LogP contribution in [0.25, 0.3) is 0 Å². The number of amides is 1. The molecule has 0 aliphatic heterocycles. The molecule has 0 spiro atoms. The molecule has 0 bridgehead atoms. The van der Waals surface area contributed by atoms with E-state index in [1.54, 1.807) is 25.1 Å². The van der Waals surface area contributed by atoms with Crippen molar-refractivity contribution in [1.82, 2.24) is 0 Å². The van der Waals surface area contributed by atoms with Crippen molar-refractivity contribution in [2.75, 3.05) is 5.32 Å². The second kappa shape index (κ2) is 5.64. The lowest BCUT2D eigenvalue weighted by molar-refractivity contribution is 0.102. The van der Waals surface area contributed by atoms with Crippen LogP contribution < -0.4 is 5.32 Å². The summed E-state index contributed by atoms with van der Waals surface area (Å²) >= 11 is 5.86. The van der Waals surface area contributed by atoms with Gasteiger partial charge in [-0.25, -0.2) is 0 Å². The largest absolute Gasteiger partial charge is 0.508 e. The molecule has 0 aliphatic rings. The zero-order valence-corrected chi connectivity index (χ0v) is 11.4. The monoisotopic (exact) mass is 286 g/mol. The van der Waals surface area contributed by atoms with Gasteiger partial charge in [0.2, 0.25) is 0 Å². The van der Waals surface area contributed by atoms with Gasteiger partial charge in [0.25, 0.3) is 5.91 Å². The molecule has 0 atom stereocenters. The Bertz CT molecular complexity index is 720. The summed E-state index contributed by atoms with van der Waals surface area (Å²) in [5.41, 5.74) is 1.48. The molecule has 2 aromatic carbocycles. The summed E-state index contributed by atoms with van der Waals surface area (Å²) in [5, 5.41) is 21.7. The van der Waals surface area contributed by atoms with Crippen LogP contribution in [0.5, 0.6) is 5.75 Å². The van der Waals surface area contributed by atoms with Gasteiger partial charge in [-0.1, -0.05) is 17.7 Å². The Labute approximate surface area is 121 Å². The van der Waals surface area contributed by atoms with Crippen molar-refractivity contribution in [1.29, 1.82) is 5.26 Å². The molecular weight excluding hydrogens is 276 g/mol. The van der Waals surface area contributed by atoms with Gasteiger partial charge in [-0.3, -0.25) is 4.79 Å². The molecule has 2 aromatic rings. The van der Waals surface area contributed by atoms with Gasteiger partial charge >= 0.3 is 0 Å². The van der Waals surface area contributed by atoms with Crippen LogP contribution in [0.1, 0.15) is 21.5 Å². The number of rotatable bonds is 2. The number of carbonyl (C=O) groups excluding carboxylic acids is 1. The van der Waals surface area contributed by atoms with Crippen LogP contribution in [0.4, 0.5) is 5.69 Å². The number of hydrogen-bond acceptors (Lipinski definition) is 3. The number of hydrogen-bond donors (Lipinski definition) is 2. The molecule has 5 heteroatoms. The van der Waals surface area contributed by atoms with E-state index >= 15 is 0 Å². The fraction of sp³-hybridized carbons (Fsp3) is 0.0667. The first-order valence-corrected chi connectivity index (χ1v) is 6.20. The topological polar surface area (TPSA) is 73.1 Å². The highest BCUT2D eigenvalue weighted by Crippen LogP contribution is 2.23. The summed E-state index contributed by atoms with van der Waals surface area (Å²) in [5.74, 6) is -0.360. The first-order valence-electron chi connectivity index (χ1n) is 5.82. The van der Waals surface area contributed by atoms with Gasteiger partial charge in [-0.2, -0.15) is 5.26 Å². The Balaban J connectivity index is 2.35. The zero-order valence-electron chi connectivity index (χ0n) is 10.6. The number of phenolic OH excluding ortho intramolecular Hbond substituents is 1. The number of nitriles is 1. The number of carbonyl (C=O) groups is 1. The van der Waals surface area contributed by atoms with Crippen LogP contribution in [0, 0.1) is 18.3 Å². The second-order valence-electron chi connectivity index (χ2n) is 4.21. The van der Waals surface area contributed by atoms with Crippen molar-refractivity contribution in [2.24, 2.45) is 0 Å². The summed E-state index contributed by atoms with van der Waals surface area (Å²) < 4.78 is 0. The van der Waals surface area contributed by atoms with E-state index in [1.165, 1.54) is 18.2 Å². The molecule has 0 saturated carbocycles. The molecule has 0 aromatic heterocycles. The van der Waals surface area contributed by atoms with Crippen molar-refractivity contribution in [3.63, 3.8) is 0 Å². The van der Waals surface area contributed by atoms with Gasteiger partial charge in [0.1, 0.15) is 11.8 Å². The number of benzene rings is 2. The van der Waals surface area contributed by atoms with Gasteiger partial charge in [0, 0.05) is 16.1 Å². The van der Waals surface area contributed by atoms with E-state index in [-0.39, 0.29) is 5.75 Å². The highest BCUT2D eigenvalue weighted by molar-refractivity contribution is 6.31. The molecule has 0 saturated heterocycles. The van der Waals surface area contributed by atoms with Crippen molar-refractivity contribution in [3.8, 4) is 11.8 Å². The Morgan fingerprint density at radius 1 is 1.35 bits per heavy atom. The average Bonchev–Trinajstić information content (AvgIpc) is 2.42. The standard InChI is InChI=1S/C15H11ClN2O2/c1-9-12(3-2-4-14(9)19)15(20)18-13-7-11(16)6-5-10(13)8-17/h2-7,19H,1H3,(H,18,20). The number of halogens is 1. The first kappa shape index (κ1) is 13.9. The van der Waals surface area contributed by atoms with Crippen LogP contribution in [-0.2, 0) is 0 Å².